The van der Waals surface area contributed by atoms with Gasteiger partial charge in [0.15, 0.2) is 0 Å². The van der Waals surface area contributed by atoms with Gasteiger partial charge in [-0.15, -0.1) is 0 Å². The Labute approximate surface area is 150 Å². The van der Waals surface area contributed by atoms with Gasteiger partial charge in [-0.05, 0) is 51.6 Å². The van der Waals surface area contributed by atoms with Crippen LogP contribution in [-0.2, 0) is 16.1 Å². The number of hydrogen-bond acceptors (Lipinski definition) is 5. The molecule has 140 valence electrons. The summed E-state index contributed by atoms with van der Waals surface area (Å²) in [7, 11) is 5.13. The molecule has 0 bridgehead atoms. The van der Waals surface area contributed by atoms with E-state index in [9.17, 15) is 9.59 Å². The van der Waals surface area contributed by atoms with Crippen molar-refractivity contribution in [2.24, 2.45) is 5.92 Å². The van der Waals surface area contributed by atoms with Gasteiger partial charge in [-0.25, -0.2) is 4.79 Å². The smallest absolute Gasteiger partial charge is 0.341 e. The molecule has 0 aromatic carbocycles. The summed E-state index contributed by atoms with van der Waals surface area (Å²) in [4.78, 5) is 28.0. The monoisotopic (exact) mass is 350 g/mol. The normalized spacial score (nSPS) is 20.6. The molecule has 1 aliphatic rings. The van der Waals surface area contributed by atoms with E-state index in [-0.39, 0.29) is 5.91 Å². The Balaban J connectivity index is 1.88. The maximum absolute atomic E-state index is 12.5. The van der Waals surface area contributed by atoms with Crippen molar-refractivity contribution in [2.75, 3.05) is 27.7 Å². The van der Waals surface area contributed by atoms with Crippen LogP contribution in [-0.4, -0.2) is 55.5 Å². The molecule has 6 nitrogen and oxygen atoms in total. The van der Waals surface area contributed by atoms with Gasteiger partial charge in [-0.1, -0.05) is 6.92 Å². The Morgan fingerprint density at radius 3 is 2.48 bits per heavy atom. The van der Waals surface area contributed by atoms with Gasteiger partial charge in [-0.3, -0.25) is 9.69 Å². The number of furan rings is 1. The summed E-state index contributed by atoms with van der Waals surface area (Å²) in [5.74, 6) is 1.68. The molecule has 0 aliphatic heterocycles. The van der Waals surface area contributed by atoms with Crippen molar-refractivity contribution in [1.29, 1.82) is 0 Å². The Kier molecular flexibility index (Phi) is 6.64. The first-order valence-corrected chi connectivity index (χ1v) is 8.93. The second-order valence-electron chi connectivity index (χ2n) is 7.26. The number of hydrogen-bond donors (Lipinski definition) is 0. The third kappa shape index (κ3) is 5.08. The highest BCUT2D eigenvalue weighted by molar-refractivity contribution is 5.90. The third-order valence-corrected chi connectivity index (χ3v) is 5.13. The minimum Gasteiger partial charge on any atom is -0.465 e. The van der Waals surface area contributed by atoms with Gasteiger partial charge in [0.1, 0.15) is 17.1 Å². The lowest BCUT2D eigenvalue weighted by Gasteiger charge is -2.34. The Bertz CT molecular complexity index is 603. The molecule has 6 heteroatoms. The zero-order chi connectivity index (χ0) is 18.6. The van der Waals surface area contributed by atoms with Gasteiger partial charge in [-0.2, -0.15) is 0 Å². The number of ether oxygens (including phenoxy) is 1. The van der Waals surface area contributed by atoms with Crippen molar-refractivity contribution in [3.63, 3.8) is 0 Å². The van der Waals surface area contributed by atoms with Crippen LogP contribution in [0.2, 0.25) is 0 Å². The molecule has 0 radical (unpaired) electrons. The average molecular weight is 350 g/mol. The van der Waals surface area contributed by atoms with Crippen LogP contribution in [0.3, 0.4) is 0 Å². The third-order valence-electron chi connectivity index (χ3n) is 5.13. The van der Waals surface area contributed by atoms with Crippen LogP contribution in [0.4, 0.5) is 0 Å². The fourth-order valence-electron chi connectivity index (χ4n) is 3.43. The molecule has 0 atom stereocenters. The van der Waals surface area contributed by atoms with Crippen LogP contribution in [0.25, 0.3) is 0 Å². The molecule has 25 heavy (non-hydrogen) atoms. The van der Waals surface area contributed by atoms with Crippen LogP contribution in [0.5, 0.6) is 0 Å². The number of amides is 1. The molecule has 1 aromatic heterocycles. The number of rotatable bonds is 6. The molecule has 0 spiro atoms. The molecule has 1 heterocycles. The van der Waals surface area contributed by atoms with Crippen molar-refractivity contribution in [3.05, 3.63) is 23.2 Å². The average Bonchev–Trinajstić information content (AvgIpc) is 2.94. The maximum Gasteiger partial charge on any atom is 0.341 e. The number of esters is 1. The van der Waals surface area contributed by atoms with Crippen molar-refractivity contribution in [1.82, 2.24) is 9.80 Å². The number of methoxy groups -OCH3 is 1. The molecule has 1 aromatic rings. The van der Waals surface area contributed by atoms with Crippen LogP contribution in [0, 0.1) is 12.8 Å². The van der Waals surface area contributed by atoms with Crippen LogP contribution >= 0.6 is 0 Å². The Hall–Kier alpha value is -1.82. The Morgan fingerprint density at radius 1 is 1.24 bits per heavy atom. The first-order valence-electron chi connectivity index (χ1n) is 8.93. The molecule has 1 saturated carbocycles. The van der Waals surface area contributed by atoms with Crippen molar-refractivity contribution >= 4 is 11.9 Å². The van der Waals surface area contributed by atoms with Crippen molar-refractivity contribution < 1.29 is 18.7 Å². The van der Waals surface area contributed by atoms with Gasteiger partial charge >= 0.3 is 5.97 Å². The molecule has 0 N–H and O–H groups in total. The lowest BCUT2D eigenvalue weighted by atomic mass is 9.87. The molecule has 0 unspecified atom stereocenters. The van der Waals surface area contributed by atoms with Crippen LogP contribution < -0.4 is 0 Å². The SMILES string of the molecule is COC(=O)c1cc(CN(C)CC(=O)N(C)C2CCC(C)CC2)oc1C. The highest BCUT2D eigenvalue weighted by atomic mass is 16.5. The fraction of sp³-hybridized carbons (Fsp3) is 0.684. The van der Waals surface area contributed by atoms with E-state index < -0.39 is 5.97 Å². The van der Waals surface area contributed by atoms with Gasteiger partial charge in [0.2, 0.25) is 5.91 Å². The van der Waals surface area contributed by atoms with Crippen molar-refractivity contribution in [3.8, 4) is 0 Å². The van der Waals surface area contributed by atoms with E-state index in [0.717, 1.165) is 18.8 Å². The van der Waals surface area contributed by atoms with Crippen molar-refractivity contribution in [2.45, 2.75) is 52.1 Å². The van der Waals surface area contributed by atoms with E-state index in [2.05, 4.69) is 6.92 Å². The first kappa shape index (κ1) is 19.5. The summed E-state index contributed by atoms with van der Waals surface area (Å²) < 4.78 is 10.3. The highest BCUT2D eigenvalue weighted by Crippen LogP contribution is 2.26. The summed E-state index contributed by atoms with van der Waals surface area (Å²) in [5, 5.41) is 0. The number of carbonyl (C=O) groups excluding carboxylic acids is 2. The van der Waals surface area contributed by atoms with Gasteiger partial charge in [0.25, 0.3) is 0 Å². The van der Waals surface area contributed by atoms with E-state index in [4.69, 9.17) is 9.15 Å². The largest absolute Gasteiger partial charge is 0.465 e. The number of carbonyl (C=O) groups is 2. The first-order chi connectivity index (χ1) is 11.8. The van der Waals surface area contributed by atoms with Gasteiger partial charge in [0.05, 0.1) is 20.2 Å². The lowest BCUT2D eigenvalue weighted by molar-refractivity contribution is -0.133. The summed E-state index contributed by atoms with van der Waals surface area (Å²) >= 11 is 0. The van der Waals surface area contributed by atoms with E-state index in [1.165, 1.54) is 20.0 Å². The fourth-order valence-corrected chi connectivity index (χ4v) is 3.43. The van der Waals surface area contributed by atoms with Crippen LogP contribution in [0.15, 0.2) is 10.5 Å². The zero-order valence-corrected chi connectivity index (χ0v) is 16.0. The topological polar surface area (TPSA) is 63.0 Å². The number of nitrogens with zero attached hydrogens (tertiary/aromatic N) is 2. The quantitative estimate of drug-likeness (QED) is 0.738. The van der Waals surface area contributed by atoms with Gasteiger partial charge < -0.3 is 14.1 Å². The second kappa shape index (κ2) is 8.52. The lowest BCUT2D eigenvalue weighted by Crippen LogP contribution is -2.43. The standard InChI is InChI=1S/C19H30N2O4/c1-13-6-8-15(9-7-13)21(4)18(22)12-20(3)11-16-10-17(14(2)25-16)19(23)24-5/h10,13,15H,6-9,11-12H2,1-5H3. The summed E-state index contributed by atoms with van der Waals surface area (Å²) in [6.45, 7) is 4.81. The predicted molar refractivity (Wildman–Crippen MR) is 95.3 cm³/mol. The molecule has 0 saturated heterocycles. The second-order valence-corrected chi connectivity index (χ2v) is 7.26. The van der Waals surface area contributed by atoms with Gasteiger partial charge in [0, 0.05) is 13.1 Å². The molecule has 1 fully saturated rings. The molecule has 1 amide bonds. The van der Waals surface area contributed by atoms with Crippen LogP contribution in [0.1, 0.15) is 54.5 Å². The maximum atomic E-state index is 12.5. The number of aryl methyl sites for hydroxylation is 1. The highest BCUT2D eigenvalue weighted by Gasteiger charge is 2.25. The van der Waals surface area contributed by atoms with E-state index in [0.29, 0.717) is 36.2 Å². The van der Waals surface area contributed by atoms with E-state index in [1.807, 2.05) is 23.9 Å². The minimum absolute atomic E-state index is 0.124. The molecule has 2 rings (SSSR count). The zero-order valence-electron chi connectivity index (χ0n) is 16.0. The number of likely N-dealkylation sites (N-methyl/N-ethyl adjacent to an activating group) is 2. The predicted octanol–water partition coefficient (Wildman–Crippen LogP) is 2.84. The minimum atomic E-state index is -0.405. The molecule has 1 aliphatic carbocycles. The van der Waals surface area contributed by atoms with E-state index >= 15 is 0 Å². The van der Waals surface area contributed by atoms with E-state index in [1.54, 1.807) is 13.0 Å². The molecular weight excluding hydrogens is 320 g/mol. The Morgan fingerprint density at radius 2 is 1.88 bits per heavy atom. The summed E-state index contributed by atoms with van der Waals surface area (Å²) in [6, 6.07) is 2.04. The molecular formula is C19H30N2O4. The summed E-state index contributed by atoms with van der Waals surface area (Å²) in [6.07, 6.45) is 4.57. The summed E-state index contributed by atoms with van der Waals surface area (Å²) in [5.41, 5.74) is 0.436.